The van der Waals surface area contributed by atoms with Gasteiger partial charge in [0.15, 0.2) is 0 Å². The van der Waals surface area contributed by atoms with Crippen LogP contribution in [0.25, 0.3) is 10.9 Å². The van der Waals surface area contributed by atoms with E-state index in [-0.39, 0.29) is 0 Å². The number of hydrogen-bond donors (Lipinski definition) is 3. The van der Waals surface area contributed by atoms with Crippen LogP contribution >= 0.6 is 0 Å². The second-order valence-corrected chi connectivity index (χ2v) is 5.10. The summed E-state index contributed by atoms with van der Waals surface area (Å²) in [7, 11) is 0. The van der Waals surface area contributed by atoms with Crippen molar-refractivity contribution in [2.24, 2.45) is 0 Å². The van der Waals surface area contributed by atoms with Gasteiger partial charge >= 0.3 is 0 Å². The van der Waals surface area contributed by atoms with Crippen LogP contribution in [0.5, 0.6) is 0 Å². The van der Waals surface area contributed by atoms with Crippen molar-refractivity contribution in [1.82, 2.24) is 9.97 Å². The third kappa shape index (κ3) is 3.32. The lowest BCUT2D eigenvalue weighted by Gasteiger charge is -2.23. The van der Waals surface area contributed by atoms with Crippen LogP contribution in [0.15, 0.2) is 24.5 Å². The van der Waals surface area contributed by atoms with Gasteiger partial charge in [-0.25, -0.2) is 9.97 Å². The average Bonchev–Trinajstić information content (AvgIpc) is 2.36. The second-order valence-electron chi connectivity index (χ2n) is 5.10. The Labute approximate surface area is 112 Å². The van der Waals surface area contributed by atoms with E-state index in [0.717, 1.165) is 23.7 Å². The topological polar surface area (TPSA) is 84.1 Å². The maximum atomic E-state index is 10.2. The number of nitrogens with one attached hydrogen (secondary N) is 1. The van der Waals surface area contributed by atoms with Crippen molar-refractivity contribution < 1.29 is 5.11 Å². The first-order valence-electron chi connectivity index (χ1n) is 6.48. The fourth-order valence-electron chi connectivity index (χ4n) is 2.12. The summed E-state index contributed by atoms with van der Waals surface area (Å²) < 4.78 is 0. The number of aliphatic hydroxyl groups is 1. The van der Waals surface area contributed by atoms with Gasteiger partial charge in [-0.3, -0.25) is 0 Å². The molecule has 0 saturated carbocycles. The largest absolute Gasteiger partial charge is 0.399 e. The van der Waals surface area contributed by atoms with E-state index >= 15 is 0 Å². The fraction of sp³-hybridized carbons (Fsp3) is 0.429. The second kappa shape index (κ2) is 5.40. The third-order valence-corrected chi connectivity index (χ3v) is 3.08. The van der Waals surface area contributed by atoms with Gasteiger partial charge in [-0.05, 0) is 31.5 Å². The molecule has 4 N–H and O–H groups in total. The Morgan fingerprint density at radius 3 is 2.89 bits per heavy atom. The van der Waals surface area contributed by atoms with E-state index in [9.17, 15) is 5.11 Å². The molecule has 5 nitrogen and oxygen atoms in total. The number of nitrogen functional groups attached to an aromatic ring is 1. The summed E-state index contributed by atoms with van der Waals surface area (Å²) in [5.74, 6) is 0.702. The van der Waals surface area contributed by atoms with Crippen LogP contribution in [-0.2, 0) is 0 Å². The van der Waals surface area contributed by atoms with Crippen molar-refractivity contribution >= 4 is 22.4 Å². The van der Waals surface area contributed by atoms with Crippen LogP contribution in [0.2, 0.25) is 0 Å². The molecule has 1 atom stereocenters. The van der Waals surface area contributed by atoms with Gasteiger partial charge in [-0.2, -0.15) is 0 Å². The first-order chi connectivity index (χ1) is 9.02. The normalized spacial score (nSPS) is 14.3. The molecule has 1 unspecified atom stereocenters. The monoisotopic (exact) mass is 260 g/mol. The molecule has 0 amide bonds. The zero-order chi connectivity index (χ0) is 13.9. The van der Waals surface area contributed by atoms with Gasteiger partial charge in [-0.15, -0.1) is 0 Å². The van der Waals surface area contributed by atoms with Crippen molar-refractivity contribution in [2.75, 3.05) is 17.6 Å². The molecule has 19 heavy (non-hydrogen) atoms. The van der Waals surface area contributed by atoms with Crippen molar-refractivity contribution in [3.63, 3.8) is 0 Å². The Kier molecular flexibility index (Phi) is 3.85. The fourth-order valence-corrected chi connectivity index (χ4v) is 2.12. The maximum absolute atomic E-state index is 10.2. The highest BCUT2D eigenvalue weighted by molar-refractivity contribution is 5.91. The van der Waals surface area contributed by atoms with E-state index in [2.05, 4.69) is 22.2 Å². The summed E-state index contributed by atoms with van der Waals surface area (Å²) in [4.78, 5) is 8.42. The molecule has 1 aromatic carbocycles. The molecule has 0 aliphatic heterocycles. The molecule has 0 aliphatic rings. The minimum atomic E-state index is -0.744. The van der Waals surface area contributed by atoms with Gasteiger partial charge in [0, 0.05) is 17.6 Å². The van der Waals surface area contributed by atoms with Crippen molar-refractivity contribution in [1.29, 1.82) is 0 Å². The lowest BCUT2D eigenvalue weighted by molar-refractivity contribution is 0.0636. The highest BCUT2D eigenvalue weighted by Crippen LogP contribution is 2.22. The smallest absolute Gasteiger partial charge is 0.137 e. The van der Waals surface area contributed by atoms with E-state index in [4.69, 9.17) is 5.73 Å². The molecule has 2 aromatic rings. The number of aromatic nitrogens is 2. The lowest BCUT2D eigenvalue weighted by atomic mass is 10.0. The Balaban J connectivity index is 2.23. The summed E-state index contributed by atoms with van der Waals surface area (Å²) in [6.07, 6.45) is 3.19. The molecule has 2 rings (SSSR count). The molecule has 0 spiro atoms. The zero-order valence-corrected chi connectivity index (χ0v) is 11.3. The van der Waals surface area contributed by atoms with Gasteiger partial charge in [0.2, 0.25) is 0 Å². The predicted molar refractivity (Wildman–Crippen MR) is 78.0 cm³/mol. The molecule has 0 saturated heterocycles. The maximum Gasteiger partial charge on any atom is 0.137 e. The molecule has 0 fully saturated rings. The molecular weight excluding hydrogens is 240 g/mol. The van der Waals surface area contributed by atoms with Crippen molar-refractivity contribution in [3.8, 4) is 0 Å². The predicted octanol–water partition coefficient (Wildman–Crippen LogP) is 2.17. The number of benzene rings is 1. The summed E-state index contributed by atoms with van der Waals surface area (Å²) in [5.41, 5.74) is 6.55. The van der Waals surface area contributed by atoms with Gasteiger partial charge < -0.3 is 16.2 Å². The SMILES string of the molecule is CCCC(C)(O)CNc1ncnc2ccc(N)cc12. The van der Waals surface area contributed by atoms with E-state index in [1.54, 1.807) is 0 Å². The minimum absolute atomic E-state index is 0.446. The molecule has 102 valence electrons. The summed E-state index contributed by atoms with van der Waals surface area (Å²) in [6.45, 7) is 4.32. The first-order valence-corrected chi connectivity index (χ1v) is 6.48. The molecule has 0 aliphatic carbocycles. The average molecular weight is 260 g/mol. The van der Waals surface area contributed by atoms with E-state index in [1.807, 2.05) is 25.1 Å². The van der Waals surface area contributed by atoms with Crippen LogP contribution in [0.3, 0.4) is 0 Å². The molecule has 5 heteroatoms. The van der Waals surface area contributed by atoms with Crippen LogP contribution in [0, 0.1) is 0 Å². The van der Waals surface area contributed by atoms with E-state index in [0.29, 0.717) is 18.1 Å². The number of nitrogens with two attached hydrogens (primary N) is 1. The molecule has 0 radical (unpaired) electrons. The molecule has 1 aromatic heterocycles. The van der Waals surface area contributed by atoms with Gasteiger partial charge in [-0.1, -0.05) is 13.3 Å². The van der Waals surface area contributed by atoms with Crippen molar-refractivity contribution in [3.05, 3.63) is 24.5 Å². The number of hydrogen-bond acceptors (Lipinski definition) is 5. The van der Waals surface area contributed by atoms with E-state index < -0.39 is 5.60 Å². The molecular formula is C14H20N4O. The third-order valence-electron chi connectivity index (χ3n) is 3.08. The summed E-state index contributed by atoms with van der Waals surface area (Å²) in [5, 5.41) is 14.2. The highest BCUT2D eigenvalue weighted by atomic mass is 16.3. The van der Waals surface area contributed by atoms with Gasteiger partial charge in [0.25, 0.3) is 0 Å². The Morgan fingerprint density at radius 1 is 1.37 bits per heavy atom. The number of rotatable bonds is 5. The Morgan fingerprint density at radius 2 is 2.16 bits per heavy atom. The van der Waals surface area contributed by atoms with Gasteiger partial charge in [0.1, 0.15) is 12.1 Å². The Bertz CT molecular complexity index is 568. The number of nitrogens with zero attached hydrogens (tertiary/aromatic N) is 2. The summed E-state index contributed by atoms with van der Waals surface area (Å²) >= 11 is 0. The van der Waals surface area contributed by atoms with Crippen LogP contribution in [0.1, 0.15) is 26.7 Å². The van der Waals surface area contributed by atoms with E-state index in [1.165, 1.54) is 6.33 Å². The zero-order valence-electron chi connectivity index (χ0n) is 11.3. The van der Waals surface area contributed by atoms with Crippen LogP contribution in [0.4, 0.5) is 11.5 Å². The quantitative estimate of drug-likeness (QED) is 0.717. The number of anilines is 2. The summed E-state index contributed by atoms with van der Waals surface area (Å²) in [6, 6.07) is 5.51. The van der Waals surface area contributed by atoms with Gasteiger partial charge in [0.05, 0.1) is 11.1 Å². The number of fused-ring (bicyclic) bond motifs is 1. The minimum Gasteiger partial charge on any atom is -0.399 e. The van der Waals surface area contributed by atoms with Crippen LogP contribution < -0.4 is 11.1 Å². The Hall–Kier alpha value is -1.88. The van der Waals surface area contributed by atoms with Crippen LogP contribution in [-0.4, -0.2) is 27.2 Å². The lowest BCUT2D eigenvalue weighted by Crippen LogP contribution is -2.33. The highest BCUT2D eigenvalue weighted by Gasteiger charge is 2.19. The molecule has 1 heterocycles. The standard InChI is InChI=1S/C14H20N4O/c1-3-6-14(2,19)8-16-13-11-7-10(15)4-5-12(11)17-9-18-13/h4-5,7,9,19H,3,6,8,15H2,1-2H3,(H,16,17,18). The van der Waals surface area contributed by atoms with Crippen molar-refractivity contribution in [2.45, 2.75) is 32.3 Å². The molecule has 0 bridgehead atoms. The first kappa shape index (κ1) is 13.5.